The molecular formula is C21H27N3O2S. The first-order valence-electron chi connectivity index (χ1n) is 9.47. The third-order valence-electron chi connectivity index (χ3n) is 4.52. The van der Waals surface area contributed by atoms with Crippen LogP contribution in [-0.4, -0.2) is 65.0 Å². The van der Waals surface area contributed by atoms with Crippen molar-refractivity contribution in [2.24, 2.45) is 0 Å². The van der Waals surface area contributed by atoms with Crippen LogP contribution in [-0.2, 0) is 11.3 Å². The number of amides is 1. The second-order valence-electron chi connectivity index (χ2n) is 6.55. The number of rotatable bonds is 8. The van der Waals surface area contributed by atoms with Crippen LogP contribution in [0.5, 0.6) is 5.75 Å². The molecule has 0 unspecified atom stereocenters. The Labute approximate surface area is 165 Å². The second kappa shape index (κ2) is 10.9. The molecule has 1 amide bonds. The van der Waals surface area contributed by atoms with Gasteiger partial charge in [0.2, 0.25) is 5.91 Å². The summed E-state index contributed by atoms with van der Waals surface area (Å²) in [5.41, 5.74) is 1.09. The predicted octanol–water partition coefficient (Wildman–Crippen LogP) is 2.93. The summed E-state index contributed by atoms with van der Waals surface area (Å²) in [6.07, 6.45) is 2.85. The van der Waals surface area contributed by atoms with Gasteiger partial charge in [-0.15, -0.1) is 11.8 Å². The third-order valence-corrected chi connectivity index (χ3v) is 5.42. The monoisotopic (exact) mass is 385 g/mol. The third kappa shape index (κ3) is 6.88. The van der Waals surface area contributed by atoms with E-state index >= 15 is 0 Å². The van der Waals surface area contributed by atoms with Crippen molar-refractivity contribution in [2.75, 3.05) is 44.3 Å². The summed E-state index contributed by atoms with van der Waals surface area (Å²) in [5, 5.41) is 0. The molecule has 0 N–H and O–H groups in total. The normalized spacial score (nSPS) is 15.3. The Hall–Kier alpha value is -2.05. The van der Waals surface area contributed by atoms with Crippen LogP contribution in [0.2, 0.25) is 0 Å². The average molecular weight is 386 g/mol. The van der Waals surface area contributed by atoms with Crippen molar-refractivity contribution in [1.82, 2.24) is 14.8 Å². The largest absolute Gasteiger partial charge is 0.493 e. The van der Waals surface area contributed by atoms with Crippen molar-refractivity contribution in [3.05, 3.63) is 60.4 Å². The highest BCUT2D eigenvalue weighted by Crippen LogP contribution is 2.11. The van der Waals surface area contributed by atoms with E-state index in [1.807, 2.05) is 53.6 Å². The topological polar surface area (TPSA) is 45.7 Å². The lowest BCUT2D eigenvalue weighted by atomic mass is 10.3. The minimum Gasteiger partial charge on any atom is -0.493 e. The summed E-state index contributed by atoms with van der Waals surface area (Å²) in [6.45, 7) is 5.04. The number of thioether (sulfide) groups is 1. The molecule has 0 spiro atoms. The Morgan fingerprint density at radius 2 is 1.89 bits per heavy atom. The zero-order chi connectivity index (χ0) is 18.7. The molecule has 1 aliphatic rings. The number of pyridine rings is 1. The fourth-order valence-corrected chi connectivity index (χ4v) is 3.79. The SMILES string of the molecule is O=C(CSCCOc1ccccc1)N1CCCN(Cc2ccccn2)CC1. The maximum atomic E-state index is 12.5. The molecule has 2 heterocycles. The van der Waals surface area contributed by atoms with Crippen molar-refractivity contribution in [2.45, 2.75) is 13.0 Å². The highest BCUT2D eigenvalue weighted by molar-refractivity contribution is 7.99. The molecule has 1 aromatic carbocycles. The highest BCUT2D eigenvalue weighted by Gasteiger charge is 2.19. The Bertz CT molecular complexity index is 684. The lowest BCUT2D eigenvalue weighted by Gasteiger charge is -2.21. The zero-order valence-corrected chi connectivity index (χ0v) is 16.4. The Morgan fingerprint density at radius 1 is 1.04 bits per heavy atom. The van der Waals surface area contributed by atoms with Gasteiger partial charge in [-0.05, 0) is 30.7 Å². The zero-order valence-electron chi connectivity index (χ0n) is 15.6. The van der Waals surface area contributed by atoms with Gasteiger partial charge in [0, 0.05) is 44.7 Å². The average Bonchev–Trinajstić information content (AvgIpc) is 2.95. The summed E-state index contributed by atoms with van der Waals surface area (Å²) in [5.74, 6) is 2.46. The first-order chi connectivity index (χ1) is 13.3. The fraction of sp³-hybridized carbons (Fsp3) is 0.429. The molecule has 0 radical (unpaired) electrons. The highest BCUT2D eigenvalue weighted by atomic mass is 32.2. The van der Waals surface area contributed by atoms with E-state index in [0.717, 1.165) is 56.3 Å². The molecule has 0 saturated carbocycles. The van der Waals surface area contributed by atoms with Gasteiger partial charge in [0.05, 0.1) is 18.1 Å². The Morgan fingerprint density at radius 3 is 2.70 bits per heavy atom. The molecule has 6 heteroatoms. The van der Waals surface area contributed by atoms with Crippen LogP contribution in [0.4, 0.5) is 0 Å². The lowest BCUT2D eigenvalue weighted by Crippen LogP contribution is -2.36. The lowest BCUT2D eigenvalue weighted by molar-refractivity contribution is -0.128. The van der Waals surface area contributed by atoms with Gasteiger partial charge in [-0.2, -0.15) is 0 Å². The van der Waals surface area contributed by atoms with Crippen LogP contribution in [0.15, 0.2) is 54.7 Å². The minimum atomic E-state index is 0.236. The van der Waals surface area contributed by atoms with Gasteiger partial charge in [-0.25, -0.2) is 0 Å². The van der Waals surface area contributed by atoms with E-state index in [2.05, 4.69) is 16.0 Å². The molecule has 144 valence electrons. The molecule has 1 aliphatic heterocycles. The number of aromatic nitrogens is 1. The predicted molar refractivity (Wildman–Crippen MR) is 110 cm³/mol. The van der Waals surface area contributed by atoms with Gasteiger partial charge in [0.1, 0.15) is 5.75 Å². The molecular weight excluding hydrogens is 358 g/mol. The second-order valence-corrected chi connectivity index (χ2v) is 7.65. The van der Waals surface area contributed by atoms with Crippen molar-refractivity contribution in [3.63, 3.8) is 0 Å². The van der Waals surface area contributed by atoms with Gasteiger partial charge in [-0.1, -0.05) is 24.3 Å². The molecule has 0 bridgehead atoms. The van der Waals surface area contributed by atoms with Gasteiger partial charge >= 0.3 is 0 Å². The molecule has 0 atom stereocenters. The molecule has 0 aliphatic carbocycles. The Kier molecular flexibility index (Phi) is 7.99. The number of hydrogen-bond donors (Lipinski definition) is 0. The van der Waals surface area contributed by atoms with Gasteiger partial charge in [-0.3, -0.25) is 14.7 Å². The van der Waals surface area contributed by atoms with E-state index in [4.69, 9.17) is 4.74 Å². The van der Waals surface area contributed by atoms with Crippen molar-refractivity contribution in [1.29, 1.82) is 0 Å². The molecule has 5 nitrogen and oxygen atoms in total. The van der Waals surface area contributed by atoms with Crippen LogP contribution in [0.3, 0.4) is 0 Å². The van der Waals surface area contributed by atoms with E-state index in [-0.39, 0.29) is 5.91 Å². The van der Waals surface area contributed by atoms with Crippen LogP contribution in [0.1, 0.15) is 12.1 Å². The number of carbonyl (C=O) groups is 1. The van der Waals surface area contributed by atoms with Crippen molar-refractivity contribution < 1.29 is 9.53 Å². The first-order valence-corrected chi connectivity index (χ1v) is 10.6. The maximum absolute atomic E-state index is 12.5. The van der Waals surface area contributed by atoms with Crippen molar-refractivity contribution in [3.8, 4) is 5.75 Å². The molecule has 1 saturated heterocycles. The summed E-state index contributed by atoms with van der Waals surface area (Å²) in [4.78, 5) is 21.3. The molecule has 1 aromatic heterocycles. The molecule has 27 heavy (non-hydrogen) atoms. The van der Waals surface area contributed by atoms with Crippen LogP contribution in [0.25, 0.3) is 0 Å². The number of benzene rings is 1. The quantitative estimate of drug-likeness (QED) is 0.654. The van der Waals surface area contributed by atoms with E-state index in [1.165, 1.54) is 0 Å². The summed E-state index contributed by atoms with van der Waals surface area (Å²) >= 11 is 1.64. The number of para-hydroxylation sites is 1. The molecule has 3 rings (SSSR count). The number of hydrogen-bond acceptors (Lipinski definition) is 5. The summed E-state index contributed by atoms with van der Waals surface area (Å²) < 4.78 is 5.67. The smallest absolute Gasteiger partial charge is 0.232 e. The first kappa shape index (κ1) is 19.7. The summed E-state index contributed by atoms with van der Waals surface area (Å²) in [7, 11) is 0. The van der Waals surface area contributed by atoms with Crippen LogP contribution in [0, 0.1) is 0 Å². The molecule has 2 aromatic rings. The van der Waals surface area contributed by atoms with E-state index < -0.39 is 0 Å². The van der Waals surface area contributed by atoms with Crippen molar-refractivity contribution >= 4 is 17.7 Å². The minimum absolute atomic E-state index is 0.236. The van der Waals surface area contributed by atoms with Gasteiger partial charge in [0.25, 0.3) is 0 Å². The van der Waals surface area contributed by atoms with E-state index in [0.29, 0.717) is 12.4 Å². The van der Waals surface area contributed by atoms with Gasteiger partial charge in [0.15, 0.2) is 0 Å². The molecule has 1 fully saturated rings. The van der Waals surface area contributed by atoms with E-state index in [1.54, 1.807) is 11.8 Å². The van der Waals surface area contributed by atoms with Crippen LogP contribution < -0.4 is 4.74 Å². The van der Waals surface area contributed by atoms with E-state index in [9.17, 15) is 4.79 Å². The van der Waals surface area contributed by atoms with Crippen LogP contribution >= 0.6 is 11.8 Å². The standard InChI is InChI=1S/C21H27N3O2S/c25-21(18-27-16-15-26-20-8-2-1-3-9-20)24-12-6-11-23(13-14-24)17-19-7-4-5-10-22-19/h1-5,7-10H,6,11-18H2. The maximum Gasteiger partial charge on any atom is 0.232 e. The fourth-order valence-electron chi connectivity index (χ4n) is 3.09. The summed E-state index contributed by atoms with van der Waals surface area (Å²) in [6, 6.07) is 15.8. The van der Waals surface area contributed by atoms with Gasteiger partial charge < -0.3 is 9.64 Å². The number of carbonyl (C=O) groups excluding carboxylic acids is 1. The number of ether oxygens (including phenoxy) is 1. The Balaban J connectivity index is 1.33. The number of nitrogens with zero attached hydrogens (tertiary/aromatic N) is 3.